The van der Waals surface area contributed by atoms with Crippen LogP contribution in [0.15, 0.2) is 23.8 Å². The number of imidazole rings is 1. The highest BCUT2D eigenvalue weighted by molar-refractivity contribution is 7.09. The molecule has 0 N–H and O–H groups in total. The highest BCUT2D eigenvalue weighted by Crippen LogP contribution is 2.29. The van der Waals surface area contributed by atoms with Crippen molar-refractivity contribution in [3.8, 4) is 0 Å². The van der Waals surface area contributed by atoms with Crippen LogP contribution in [0.2, 0.25) is 0 Å². The first kappa shape index (κ1) is 17.1. The van der Waals surface area contributed by atoms with Gasteiger partial charge in [0, 0.05) is 57.3 Å². The third-order valence-corrected chi connectivity index (χ3v) is 5.17. The Labute approximate surface area is 146 Å². The smallest absolute Gasteiger partial charge is 0.248 e. The van der Waals surface area contributed by atoms with Crippen molar-refractivity contribution < 1.29 is 9.53 Å². The third kappa shape index (κ3) is 3.85. The summed E-state index contributed by atoms with van der Waals surface area (Å²) in [7, 11) is 5.52. The molecule has 130 valence electrons. The average molecular weight is 348 g/mol. The van der Waals surface area contributed by atoms with Gasteiger partial charge in [0.15, 0.2) is 0 Å². The Kier molecular flexibility index (Phi) is 5.33. The number of aryl methyl sites for hydroxylation is 1. The molecule has 0 aromatic carbocycles. The first-order valence-electron chi connectivity index (χ1n) is 8.07. The Balaban J connectivity index is 1.66. The number of thiophene rings is 1. The molecule has 0 radical (unpaired) electrons. The van der Waals surface area contributed by atoms with Crippen LogP contribution in [0.3, 0.4) is 0 Å². The Morgan fingerprint density at radius 2 is 2.33 bits per heavy atom. The minimum absolute atomic E-state index is 0.00789. The topological polar surface area (TPSA) is 50.6 Å². The van der Waals surface area contributed by atoms with Crippen LogP contribution in [-0.2, 0) is 29.7 Å². The zero-order valence-corrected chi connectivity index (χ0v) is 15.3. The van der Waals surface area contributed by atoms with E-state index in [9.17, 15) is 4.79 Å². The molecule has 2 aromatic heterocycles. The minimum Gasteiger partial charge on any atom is -0.371 e. The van der Waals surface area contributed by atoms with Crippen LogP contribution in [0.5, 0.6) is 0 Å². The SMILES string of the molecule is CN(C)C(=O)COC[C@@H]1CN(Cc2cccs2)Cc2ncn(C)c21. The summed E-state index contributed by atoms with van der Waals surface area (Å²) >= 11 is 1.78. The summed E-state index contributed by atoms with van der Waals surface area (Å²) in [6.07, 6.45) is 1.87. The van der Waals surface area contributed by atoms with E-state index < -0.39 is 0 Å². The number of nitrogens with zero attached hydrogens (tertiary/aromatic N) is 4. The number of amides is 1. The van der Waals surface area contributed by atoms with Crippen LogP contribution < -0.4 is 0 Å². The van der Waals surface area contributed by atoms with Gasteiger partial charge >= 0.3 is 0 Å². The molecule has 0 unspecified atom stereocenters. The number of hydrogen-bond donors (Lipinski definition) is 0. The molecule has 0 spiro atoms. The van der Waals surface area contributed by atoms with Gasteiger partial charge < -0.3 is 14.2 Å². The Bertz CT molecular complexity index is 681. The lowest BCUT2D eigenvalue weighted by molar-refractivity contribution is -0.133. The third-order valence-electron chi connectivity index (χ3n) is 4.30. The van der Waals surface area contributed by atoms with Crippen LogP contribution in [0, 0.1) is 0 Å². The summed E-state index contributed by atoms with van der Waals surface area (Å²) in [5.74, 6) is 0.225. The van der Waals surface area contributed by atoms with Crippen molar-refractivity contribution in [3.05, 3.63) is 40.1 Å². The number of aromatic nitrogens is 2. The maximum absolute atomic E-state index is 11.7. The summed E-state index contributed by atoms with van der Waals surface area (Å²) in [6, 6.07) is 4.25. The van der Waals surface area contributed by atoms with Crippen molar-refractivity contribution in [2.24, 2.45) is 7.05 Å². The van der Waals surface area contributed by atoms with Crippen LogP contribution in [0.4, 0.5) is 0 Å². The standard InChI is InChI=1S/C17H24N4O2S/c1-19(2)16(22)11-23-10-13-7-21(8-14-5-4-6-24-14)9-15-17(13)20(3)12-18-15/h4-6,12-13H,7-11H2,1-3H3/t13-/m0/s1. The predicted octanol–water partition coefficient (Wildman–Crippen LogP) is 1.69. The summed E-state index contributed by atoms with van der Waals surface area (Å²) in [5.41, 5.74) is 2.35. The molecule has 1 amide bonds. The summed E-state index contributed by atoms with van der Waals surface area (Å²) in [4.78, 5) is 21.6. The molecular weight excluding hydrogens is 324 g/mol. The summed E-state index contributed by atoms with van der Waals surface area (Å²) in [6.45, 7) is 3.37. The fraction of sp³-hybridized carbons (Fsp3) is 0.529. The maximum Gasteiger partial charge on any atom is 0.248 e. The van der Waals surface area contributed by atoms with E-state index in [1.807, 2.05) is 13.4 Å². The average Bonchev–Trinajstić information content (AvgIpc) is 3.17. The van der Waals surface area contributed by atoms with Gasteiger partial charge in [-0.2, -0.15) is 0 Å². The second kappa shape index (κ2) is 7.46. The van der Waals surface area contributed by atoms with Crippen molar-refractivity contribution in [2.75, 3.05) is 33.9 Å². The van der Waals surface area contributed by atoms with E-state index in [0.717, 1.165) is 25.3 Å². The van der Waals surface area contributed by atoms with Gasteiger partial charge in [-0.3, -0.25) is 9.69 Å². The van der Waals surface area contributed by atoms with E-state index in [2.05, 4.69) is 32.0 Å². The first-order chi connectivity index (χ1) is 11.5. The predicted molar refractivity (Wildman–Crippen MR) is 93.9 cm³/mol. The Morgan fingerprint density at radius 3 is 3.04 bits per heavy atom. The summed E-state index contributed by atoms with van der Waals surface area (Å²) < 4.78 is 7.79. The van der Waals surface area contributed by atoms with Crippen LogP contribution in [-0.4, -0.2) is 59.1 Å². The van der Waals surface area contributed by atoms with Crippen molar-refractivity contribution in [1.29, 1.82) is 0 Å². The van der Waals surface area contributed by atoms with Gasteiger partial charge in [0.05, 0.1) is 18.6 Å². The lowest BCUT2D eigenvalue weighted by Crippen LogP contribution is -2.36. The first-order valence-corrected chi connectivity index (χ1v) is 8.95. The Hall–Kier alpha value is -1.70. The van der Waals surface area contributed by atoms with Crippen molar-refractivity contribution in [3.63, 3.8) is 0 Å². The number of likely N-dealkylation sites (N-methyl/N-ethyl adjacent to an activating group) is 1. The van der Waals surface area contributed by atoms with Gasteiger partial charge in [0.1, 0.15) is 6.61 Å². The Morgan fingerprint density at radius 1 is 1.50 bits per heavy atom. The molecule has 0 aliphatic carbocycles. The largest absolute Gasteiger partial charge is 0.371 e. The molecule has 7 heteroatoms. The maximum atomic E-state index is 11.7. The molecule has 0 saturated carbocycles. The van der Waals surface area contributed by atoms with Gasteiger partial charge in [-0.25, -0.2) is 4.98 Å². The molecule has 0 fully saturated rings. The van der Waals surface area contributed by atoms with Crippen LogP contribution in [0.1, 0.15) is 22.2 Å². The van der Waals surface area contributed by atoms with E-state index in [4.69, 9.17) is 4.74 Å². The molecule has 1 atom stereocenters. The molecule has 1 aliphatic rings. The highest BCUT2D eigenvalue weighted by Gasteiger charge is 2.29. The lowest BCUT2D eigenvalue weighted by Gasteiger charge is -2.32. The second-order valence-corrected chi connectivity index (χ2v) is 7.47. The monoisotopic (exact) mass is 348 g/mol. The van der Waals surface area contributed by atoms with Gasteiger partial charge in [-0.05, 0) is 11.4 Å². The molecule has 6 nitrogen and oxygen atoms in total. The number of carbonyl (C=O) groups excluding carboxylic acids is 1. The zero-order valence-electron chi connectivity index (χ0n) is 14.4. The van der Waals surface area contributed by atoms with E-state index in [1.165, 1.54) is 10.6 Å². The molecule has 2 aromatic rings. The molecule has 1 aliphatic heterocycles. The highest BCUT2D eigenvalue weighted by atomic mass is 32.1. The molecule has 3 heterocycles. The van der Waals surface area contributed by atoms with Gasteiger partial charge in [0.2, 0.25) is 5.91 Å². The minimum atomic E-state index is -0.00789. The normalized spacial score (nSPS) is 17.7. The van der Waals surface area contributed by atoms with Crippen molar-refractivity contribution >= 4 is 17.2 Å². The second-order valence-electron chi connectivity index (χ2n) is 6.44. The van der Waals surface area contributed by atoms with E-state index in [1.54, 1.807) is 30.3 Å². The molecule has 0 saturated heterocycles. The van der Waals surface area contributed by atoms with Crippen LogP contribution >= 0.6 is 11.3 Å². The summed E-state index contributed by atoms with van der Waals surface area (Å²) in [5, 5.41) is 2.11. The zero-order chi connectivity index (χ0) is 17.1. The van der Waals surface area contributed by atoms with E-state index in [0.29, 0.717) is 6.61 Å². The number of fused-ring (bicyclic) bond motifs is 1. The van der Waals surface area contributed by atoms with Gasteiger partial charge in [-0.15, -0.1) is 11.3 Å². The van der Waals surface area contributed by atoms with E-state index in [-0.39, 0.29) is 18.4 Å². The quantitative estimate of drug-likeness (QED) is 0.797. The van der Waals surface area contributed by atoms with Crippen molar-refractivity contribution in [1.82, 2.24) is 19.4 Å². The number of rotatable bonds is 6. The fourth-order valence-corrected chi connectivity index (χ4v) is 3.85. The molecular formula is C17H24N4O2S. The van der Waals surface area contributed by atoms with Gasteiger partial charge in [0.25, 0.3) is 0 Å². The molecule has 3 rings (SSSR count). The van der Waals surface area contributed by atoms with E-state index >= 15 is 0 Å². The molecule has 24 heavy (non-hydrogen) atoms. The number of carbonyl (C=O) groups is 1. The number of ether oxygens (including phenoxy) is 1. The van der Waals surface area contributed by atoms with Gasteiger partial charge in [-0.1, -0.05) is 6.07 Å². The van der Waals surface area contributed by atoms with Crippen molar-refractivity contribution in [2.45, 2.75) is 19.0 Å². The fourth-order valence-electron chi connectivity index (χ4n) is 3.10. The lowest BCUT2D eigenvalue weighted by atomic mass is 9.99. The molecule has 0 bridgehead atoms. The van der Waals surface area contributed by atoms with Crippen LogP contribution in [0.25, 0.3) is 0 Å². The number of hydrogen-bond acceptors (Lipinski definition) is 5.